The third kappa shape index (κ3) is 2.10. The molecule has 0 unspecified atom stereocenters. The molecule has 1 aromatic heterocycles. The van der Waals surface area contributed by atoms with Crippen molar-refractivity contribution in [3.8, 4) is 0 Å². The van der Waals surface area contributed by atoms with Crippen LogP contribution in [0.2, 0.25) is 0 Å². The van der Waals surface area contributed by atoms with Crippen LogP contribution in [-0.4, -0.2) is 42.0 Å². The zero-order chi connectivity index (χ0) is 12.6. The van der Waals surface area contributed by atoms with Crippen LogP contribution in [0.4, 0.5) is 5.13 Å². The fraction of sp³-hybridized carbons (Fsp3) is 0.667. The molecule has 3 rings (SSSR count). The number of rotatable bonds is 1. The standard InChI is InChI=1S/C12H18N4OS/c13-11-15-6-9(18-11)10(17)16-5-1-2-12(8-16)3-4-14-7-12/h6,14H,1-5,7-8H2,(H2,13,15)/t12-/m0/s1. The second-order valence-electron chi connectivity index (χ2n) is 5.32. The molecule has 2 saturated heterocycles. The Labute approximate surface area is 110 Å². The summed E-state index contributed by atoms with van der Waals surface area (Å²) in [5, 5.41) is 3.88. The average molecular weight is 266 g/mol. The number of thiazole rings is 1. The molecule has 5 nitrogen and oxygen atoms in total. The summed E-state index contributed by atoms with van der Waals surface area (Å²) >= 11 is 1.28. The summed E-state index contributed by atoms with van der Waals surface area (Å²) in [5.41, 5.74) is 5.90. The normalized spacial score (nSPS) is 27.9. The van der Waals surface area contributed by atoms with Crippen LogP contribution in [0.15, 0.2) is 6.20 Å². The number of anilines is 1. The molecule has 1 atom stereocenters. The number of likely N-dealkylation sites (tertiary alicyclic amines) is 1. The fourth-order valence-electron chi connectivity index (χ4n) is 3.07. The zero-order valence-corrected chi connectivity index (χ0v) is 11.1. The van der Waals surface area contributed by atoms with Crippen molar-refractivity contribution in [2.75, 3.05) is 31.9 Å². The molecule has 0 radical (unpaired) electrons. The van der Waals surface area contributed by atoms with Crippen molar-refractivity contribution in [1.29, 1.82) is 0 Å². The smallest absolute Gasteiger partial charge is 0.265 e. The first-order chi connectivity index (χ1) is 8.69. The summed E-state index contributed by atoms with van der Waals surface area (Å²) in [4.78, 5) is 19.0. The van der Waals surface area contributed by atoms with Gasteiger partial charge < -0.3 is 16.0 Å². The van der Waals surface area contributed by atoms with Crippen LogP contribution in [0.5, 0.6) is 0 Å². The van der Waals surface area contributed by atoms with E-state index in [0.717, 1.165) is 32.6 Å². The summed E-state index contributed by atoms with van der Waals surface area (Å²) in [6.45, 7) is 3.85. The molecule has 2 aliphatic heterocycles. The molecule has 1 amide bonds. The number of nitrogens with one attached hydrogen (secondary N) is 1. The molecule has 98 valence electrons. The maximum atomic E-state index is 12.4. The molecule has 0 aliphatic carbocycles. The number of nitrogens with two attached hydrogens (primary N) is 1. The van der Waals surface area contributed by atoms with Crippen molar-refractivity contribution < 1.29 is 4.79 Å². The SMILES string of the molecule is Nc1ncc(C(=O)N2CCC[C@@]3(CCNC3)C2)s1. The van der Waals surface area contributed by atoms with E-state index in [2.05, 4.69) is 10.3 Å². The molecular formula is C12H18N4OS. The molecule has 3 heterocycles. The van der Waals surface area contributed by atoms with Gasteiger partial charge in [0.15, 0.2) is 5.13 Å². The van der Waals surface area contributed by atoms with E-state index in [0.29, 0.717) is 15.4 Å². The first-order valence-corrected chi connectivity index (χ1v) is 7.22. The summed E-state index contributed by atoms with van der Waals surface area (Å²) in [5.74, 6) is 0.0928. The minimum absolute atomic E-state index is 0.0928. The van der Waals surface area contributed by atoms with Crippen molar-refractivity contribution >= 4 is 22.4 Å². The number of carbonyl (C=O) groups excluding carboxylic acids is 1. The van der Waals surface area contributed by atoms with Crippen LogP contribution in [-0.2, 0) is 0 Å². The molecule has 6 heteroatoms. The number of hydrogen-bond donors (Lipinski definition) is 2. The molecule has 18 heavy (non-hydrogen) atoms. The molecule has 0 saturated carbocycles. The second-order valence-corrected chi connectivity index (χ2v) is 6.38. The minimum atomic E-state index is 0.0928. The van der Waals surface area contributed by atoms with Crippen LogP contribution in [0.3, 0.4) is 0 Å². The van der Waals surface area contributed by atoms with Crippen LogP contribution in [0.25, 0.3) is 0 Å². The van der Waals surface area contributed by atoms with Gasteiger partial charge in [0, 0.05) is 25.0 Å². The van der Waals surface area contributed by atoms with E-state index in [1.165, 1.54) is 24.2 Å². The van der Waals surface area contributed by atoms with Gasteiger partial charge in [-0.1, -0.05) is 11.3 Å². The van der Waals surface area contributed by atoms with Crippen molar-refractivity contribution in [2.45, 2.75) is 19.3 Å². The maximum absolute atomic E-state index is 12.4. The lowest BCUT2D eigenvalue weighted by atomic mass is 9.79. The predicted molar refractivity (Wildman–Crippen MR) is 71.6 cm³/mol. The van der Waals surface area contributed by atoms with Crippen LogP contribution < -0.4 is 11.1 Å². The number of carbonyl (C=O) groups is 1. The number of hydrogen-bond acceptors (Lipinski definition) is 5. The molecule has 1 spiro atoms. The van der Waals surface area contributed by atoms with Gasteiger partial charge in [0.1, 0.15) is 4.88 Å². The maximum Gasteiger partial charge on any atom is 0.265 e. The van der Waals surface area contributed by atoms with Gasteiger partial charge in [0.05, 0.1) is 6.20 Å². The topological polar surface area (TPSA) is 71.2 Å². The third-order valence-electron chi connectivity index (χ3n) is 4.02. The first kappa shape index (κ1) is 11.9. The van der Waals surface area contributed by atoms with Gasteiger partial charge in [0.2, 0.25) is 0 Å². The summed E-state index contributed by atoms with van der Waals surface area (Å²) in [6.07, 6.45) is 5.11. The Morgan fingerprint density at radius 2 is 2.44 bits per heavy atom. The molecular weight excluding hydrogens is 248 g/mol. The van der Waals surface area contributed by atoms with Crippen LogP contribution in [0.1, 0.15) is 28.9 Å². The first-order valence-electron chi connectivity index (χ1n) is 6.40. The van der Waals surface area contributed by atoms with E-state index in [1.807, 2.05) is 4.90 Å². The highest BCUT2D eigenvalue weighted by molar-refractivity contribution is 7.17. The second kappa shape index (κ2) is 4.51. The largest absolute Gasteiger partial charge is 0.375 e. The summed E-state index contributed by atoms with van der Waals surface area (Å²) < 4.78 is 0. The van der Waals surface area contributed by atoms with E-state index in [-0.39, 0.29) is 5.91 Å². The average Bonchev–Trinajstić information content (AvgIpc) is 2.98. The Morgan fingerprint density at radius 1 is 1.56 bits per heavy atom. The Balaban J connectivity index is 1.74. The number of amides is 1. The van der Waals surface area contributed by atoms with Crippen molar-refractivity contribution in [3.63, 3.8) is 0 Å². The molecule has 2 fully saturated rings. The predicted octanol–water partition coefficient (Wildman–Crippen LogP) is 0.941. The lowest BCUT2D eigenvalue weighted by Gasteiger charge is -2.39. The summed E-state index contributed by atoms with van der Waals surface area (Å²) in [6, 6.07) is 0. The van der Waals surface area contributed by atoms with E-state index in [4.69, 9.17) is 5.73 Å². The fourth-order valence-corrected chi connectivity index (χ4v) is 3.72. The monoisotopic (exact) mass is 266 g/mol. The molecule has 3 N–H and O–H groups in total. The van der Waals surface area contributed by atoms with Gasteiger partial charge in [-0.05, 0) is 25.8 Å². The minimum Gasteiger partial charge on any atom is -0.375 e. The van der Waals surface area contributed by atoms with E-state index in [1.54, 1.807) is 6.20 Å². The molecule has 0 bridgehead atoms. The van der Waals surface area contributed by atoms with Crippen molar-refractivity contribution in [3.05, 3.63) is 11.1 Å². The van der Waals surface area contributed by atoms with Gasteiger partial charge in [-0.15, -0.1) is 0 Å². The molecule has 1 aromatic rings. The van der Waals surface area contributed by atoms with E-state index < -0.39 is 0 Å². The lowest BCUT2D eigenvalue weighted by molar-refractivity contribution is 0.0558. The lowest BCUT2D eigenvalue weighted by Crippen LogP contribution is -2.46. The summed E-state index contributed by atoms with van der Waals surface area (Å²) in [7, 11) is 0. The van der Waals surface area contributed by atoms with Gasteiger partial charge in [0.25, 0.3) is 5.91 Å². The van der Waals surface area contributed by atoms with Crippen molar-refractivity contribution in [1.82, 2.24) is 15.2 Å². The van der Waals surface area contributed by atoms with E-state index in [9.17, 15) is 4.79 Å². The highest BCUT2D eigenvalue weighted by Gasteiger charge is 2.39. The number of nitrogen functional groups attached to an aromatic ring is 1. The van der Waals surface area contributed by atoms with E-state index >= 15 is 0 Å². The molecule has 2 aliphatic rings. The Hall–Kier alpha value is -1.14. The third-order valence-corrected chi connectivity index (χ3v) is 4.83. The van der Waals surface area contributed by atoms with Crippen LogP contribution in [0, 0.1) is 5.41 Å². The highest BCUT2D eigenvalue weighted by Crippen LogP contribution is 2.36. The quantitative estimate of drug-likeness (QED) is 0.793. The highest BCUT2D eigenvalue weighted by atomic mass is 32.1. The number of nitrogens with zero attached hydrogens (tertiary/aromatic N) is 2. The zero-order valence-electron chi connectivity index (χ0n) is 10.3. The van der Waals surface area contributed by atoms with Gasteiger partial charge in [-0.2, -0.15) is 0 Å². The Morgan fingerprint density at radius 3 is 3.11 bits per heavy atom. The Bertz CT molecular complexity index is 453. The number of aromatic nitrogens is 1. The van der Waals surface area contributed by atoms with Crippen LogP contribution >= 0.6 is 11.3 Å². The van der Waals surface area contributed by atoms with Gasteiger partial charge in [-0.3, -0.25) is 4.79 Å². The van der Waals surface area contributed by atoms with Gasteiger partial charge >= 0.3 is 0 Å². The Kier molecular flexibility index (Phi) is 2.99. The van der Waals surface area contributed by atoms with Gasteiger partial charge in [-0.25, -0.2) is 4.98 Å². The number of piperidine rings is 1. The van der Waals surface area contributed by atoms with Crippen molar-refractivity contribution in [2.24, 2.45) is 5.41 Å². The molecule has 0 aromatic carbocycles.